The molecule has 0 aliphatic heterocycles. The minimum Gasteiger partial charge on any atom is -0.497 e. The van der Waals surface area contributed by atoms with E-state index in [0.717, 1.165) is 11.1 Å². The molecule has 0 spiro atoms. The molecule has 7 heteroatoms. The van der Waals surface area contributed by atoms with Gasteiger partial charge in [-0.3, -0.25) is 9.78 Å². The van der Waals surface area contributed by atoms with E-state index in [9.17, 15) is 13.6 Å². The van der Waals surface area contributed by atoms with Crippen LogP contribution in [0.3, 0.4) is 0 Å². The van der Waals surface area contributed by atoms with E-state index in [0.29, 0.717) is 22.2 Å². The lowest BCUT2D eigenvalue weighted by Gasteiger charge is -2.22. The number of allylic oxidation sites excluding steroid dienone is 2. The Morgan fingerprint density at radius 1 is 1.38 bits per heavy atom. The number of aromatic nitrogens is 1. The summed E-state index contributed by atoms with van der Waals surface area (Å²) in [5.41, 5.74) is 2.55. The van der Waals surface area contributed by atoms with E-state index in [1.54, 1.807) is 24.3 Å². The van der Waals surface area contributed by atoms with Crippen molar-refractivity contribution in [1.29, 1.82) is 0 Å². The van der Waals surface area contributed by atoms with Crippen molar-refractivity contribution in [3.63, 3.8) is 0 Å². The fraction of sp³-hybridized carbons (Fsp3) is 0.368. The number of hydrogen-bond acceptors (Lipinski definition) is 4. The highest BCUT2D eigenvalue weighted by molar-refractivity contribution is 5.99. The lowest BCUT2D eigenvalue weighted by molar-refractivity contribution is -0.00602. The van der Waals surface area contributed by atoms with Crippen LogP contribution in [0.2, 0.25) is 0 Å². The second kappa shape index (κ2) is 7.37. The van der Waals surface area contributed by atoms with Crippen LogP contribution in [0.15, 0.2) is 30.5 Å². The van der Waals surface area contributed by atoms with Crippen LogP contribution in [0.1, 0.15) is 35.2 Å². The maximum absolute atomic E-state index is 13.4. The number of carbonyl (C=O) groups excluding carboxylic acids is 1. The summed E-state index contributed by atoms with van der Waals surface area (Å²) < 4.78 is 32.2. The van der Waals surface area contributed by atoms with Crippen LogP contribution in [0.4, 0.5) is 8.78 Å². The Morgan fingerprint density at radius 2 is 2.19 bits per heavy atom. The van der Waals surface area contributed by atoms with Gasteiger partial charge in [0.1, 0.15) is 5.75 Å². The van der Waals surface area contributed by atoms with E-state index in [-0.39, 0.29) is 38.3 Å². The molecule has 1 amide bonds. The van der Waals surface area contributed by atoms with Gasteiger partial charge in [0.05, 0.1) is 24.8 Å². The van der Waals surface area contributed by atoms with E-state index in [1.807, 2.05) is 0 Å². The third-order valence-corrected chi connectivity index (χ3v) is 4.41. The third kappa shape index (κ3) is 3.83. The van der Waals surface area contributed by atoms with Crippen molar-refractivity contribution < 1.29 is 23.4 Å². The molecule has 0 saturated carbocycles. The number of benzene rings is 1. The van der Waals surface area contributed by atoms with Crippen LogP contribution in [0.5, 0.6) is 5.75 Å². The SMILES string of the molecule is COc1cc(C2=CCC(F)(F)CC2)c2ncc(C(=O)NCCO)cc2c1. The normalized spacial score (nSPS) is 16.2. The molecule has 0 saturated heterocycles. The summed E-state index contributed by atoms with van der Waals surface area (Å²) in [5.74, 6) is -2.43. The molecule has 26 heavy (non-hydrogen) atoms. The smallest absolute Gasteiger partial charge is 0.252 e. The van der Waals surface area contributed by atoms with Gasteiger partial charge in [-0.15, -0.1) is 0 Å². The third-order valence-electron chi connectivity index (χ3n) is 4.41. The van der Waals surface area contributed by atoms with Gasteiger partial charge in [-0.25, -0.2) is 8.78 Å². The number of carbonyl (C=O) groups is 1. The second-order valence-corrected chi connectivity index (χ2v) is 6.24. The molecule has 0 atom stereocenters. The zero-order valence-corrected chi connectivity index (χ0v) is 14.4. The number of nitrogens with one attached hydrogen (secondary N) is 1. The molecule has 2 N–H and O–H groups in total. The Labute approximate surface area is 149 Å². The van der Waals surface area contributed by atoms with Gasteiger partial charge in [-0.2, -0.15) is 0 Å². The van der Waals surface area contributed by atoms with E-state index in [1.165, 1.54) is 13.3 Å². The van der Waals surface area contributed by atoms with Crippen molar-refractivity contribution >= 4 is 22.4 Å². The number of nitrogens with zero attached hydrogens (tertiary/aromatic N) is 1. The molecule has 2 aromatic rings. The molecule has 1 aromatic heterocycles. The lowest BCUT2D eigenvalue weighted by Crippen LogP contribution is -2.26. The quantitative estimate of drug-likeness (QED) is 0.857. The Bertz CT molecular complexity index is 865. The topological polar surface area (TPSA) is 71.5 Å². The molecule has 0 radical (unpaired) electrons. The van der Waals surface area contributed by atoms with E-state index < -0.39 is 5.92 Å². The number of aliphatic hydroxyl groups excluding tert-OH is 1. The minimum atomic E-state index is -2.66. The summed E-state index contributed by atoms with van der Waals surface area (Å²) in [7, 11) is 1.53. The second-order valence-electron chi connectivity index (χ2n) is 6.24. The maximum Gasteiger partial charge on any atom is 0.252 e. The predicted molar refractivity (Wildman–Crippen MR) is 94.5 cm³/mol. The summed E-state index contributed by atoms with van der Waals surface area (Å²) in [4.78, 5) is 16.5. The molecule has 1 heterocycles. The van der Waals surface area contributed by atoms with Gasteiger partial charge in [-0.1, -0.05) is 6.08 Å². The number of fused-ring (bicyclic) bond motifs is 1. The lowest BCUT2D eigenvalue weighted by atomic mass is 9.90. The number of rotatable bonds is 5. The summed E-state index contributed by atoms with van der Waals surface area (Å²) >= 11 is 0. The number of amides is 1. The minimum absolute atomic E-state index is 0.149. The number of halogens is 2. The van der Waals surface area contributed by atoms with Crippen molar-refractivity contribution in [1.82, 2.24) is 10.3 Å². The molecule has 3 rings (SSSR count). The van der Waals surface area contributed by atoms with Crippen LogP contribution in [0, 0.1) is 0 Å². The van der Waals surface area contributed by atoms with Crippen LogP contribution >= 0.6 is 0 Å². The zero-order chi connectivity index (χ0) is 18.7. The Balaban J connectivity index is 2.04. The van der Waals surface area contributed by atoms with Crippen LogP contribution in [-0.2, 0) is 0 Å². The van der Waals surface area contributed by atoms with Crippen molar-refractivity contribution in [3.8, 4) is 5.75 Å². The highest BCUT2D eigenvalue weighted by Crippen LogP contribution is 2.39. The summed E-state index contributed by atoms with van der Waals surface area (Å²) in [5, 5.41) is 12.1. The van der Waals surface area contributed by atoms with Gasteiger partial charge in [0, 0.05) is 36.5 Å². The average molecular weight is 362 g/mol. The number of aliphatic hydroxyl groups is 1. The maximum atomic E-state index is 13.4. The molecule has 138 valence electrons. The van der Waals surface area contributed by atoms with Crippen molar-refractivity contribution in [3.05, 3.63) is 41.6 Å². The van der Waals surface area contributed by atoms with Gasteiger partial charge >= 0.3 is 0 Å². The summed E-state index contributed by atoms with van der Waals surface area (Å²) in [6.45, 7) is 0.00480. The molecule has 1 aliphatic carbocycles. The van der Waals surface area contributed by atoms with Crippen LogP contribution < -0.4 is 10.1 Å². The Kier molecular flexibility index (Phi) is 5.18. The first kappa shape index (κ1) is 18.3. The first-order chi connectivity index (χ1) is 12.4. The molecular weight excluding hydrogens is 342 g/mol. The first-order valence-corrected chi connectivity index (χ1v) is 8.37. The van der Waals surface area contributed by atoms with Crippen LogP contribution in [0.25, 0.3) is 16.5 Å². The highest BCUT2D eigenvalue weighted by Gasteiger charge is 2.31. The van der Waals surface area contributed by atoms with Crippen molar-refractivity contribution in [2.24, 2.45) is 0 Å². The summed E-state index contributed by atoms with van der Waals surface area (Å²) in [6.07, 6.45) is 2.78. The Morgan fingerprint density at radius 3 is 2.85 bits per heavy atom. The molecular formula is C19H20F2N2O3. The van der Waals surface area contributed by atoms with Gasteiger partial charge in [0.15, 0.2) is 0 Å². The van der Waals surface area contributed by atoms with E-state index in [2.05, 4.69) is 10.3 Å². The monoisotopic (exact) mass is 362 g/mol. The number of methoxy groups -OCH3 is 1. The fourth-order valence-electron chi connectivity index (χ4n) is 3.02. The molecule has 1 aromatic carbocycles. The molecule has 1 aliphatic rings. The fourth-order valence-corrected chi connectivity index (χ4v) is 3.02. The van der Waals surface area contributed by atoms with Crippen LogP contribution in [-0.4, -0.2) is 42.2 Å². The van der Waals surface area contributed by atoms with Crippen molar-refractivity contribution in [2.45, 2.75) is 25.2 Å². The largest absolute Gasteiger partial charge is 0.497 e. The summed E-state index contributed by atoms with van der Waals surface area (Å²) in [6, 6.07) is 5.22. The standard InChI is InChI=1S/C19H20F2N2O3/c1-26-15-9-13-8-14(18(25)22-6-7-24)11-23-17(13)16(10-15)12-2-4-19(20,21)5-3-12/h2,8-11,24H,3-7H2,1H3,(H,22,25). The number of alkyl halides is 2. The number of hydrogen-bond donors (Lipinski definition) is 2. The predicted octanol–water partition coefficient (Wildman–Crippen LogP) is 3.17. The average Bonchev–Trinajstić information content (AvgIpc) is 2.64. The number of pyridine rings is 1. The van der Waals surface area contributed by atoms with Gasteiger partial charge in [0.2, 0.25) is 0 Å². The Hall–Kier alpha value is -2.54. The zero-order valence-electron chi connectivity index (χ0n) is 14.4. The molecule has 0 unspecified atom stereocenters. The van der Waals surface area contributed by atoms with Gasteiger partial charge < -0.3 is 15.2 Å². The first-order valence-electron chi connectivity index (χ1n) is 8.37. The molecule has 0 bridgehead atoms. The van der Waals surface area contributed by atoms with E-state index >= 15 is 0 Å². The number of ether oxygens (including phenoxy) is 1. The highest BCUT2D eigenvalue weighted by atomic mass is 19.3. The van der Waals surface area contributed by atoms with E-state index in [4.69, 9.17) is 9.84 Å². The molecule has 5 nitrogen and oxygen atoms in total. The van der Waals surface area contributed by atoms with Crippen molar-refractivity contribution in [2.75, 3.05) is 20.3 Å². The molecule has 0 fully saturated rings. The van der Waals surface area contributed by atoms with Gasteiger partial charge in [-0.05, 0) is 30.2 Å². The van der Waals surface area contributed by atoms with Gasteiger partial charge in [0.25, 0.3) is 11.8 Å².